The molecule has 0 aromatic carbocycles. The first-order valence-electron chi connectivity index (χ1n) is 6.85. The zero-order valence-corrected chi connectivity index (χ0v) is 13.2. The van der Waals surface area contributed by atoms with Crippen LogP contribution in [-0.4, -0.2) is 43.9 Å². The molecular weight excluding hydrogens is 290 g/mol. The van der Waals surface area contributed by atoms with Crippen molar-refractivity contribution in [2.24, 2.45) is 0 Å². The quantitative estimate of drug-likeness (QED) is 0.885. The van der Waals surface area contributed by atoms with Gasteiger partial charge in [0.2, 0.25) is 5.91 Å². The van der Waals surface area contributed by atoms with Gasteiger partial charge in [-0.05, 0) is 20.3 Å². The number of hydrogen-bond acceptors (Lipinski definition) is 4. The normalized spacial score (nSPS) is 12.5. The number of hydrogen-bond donors (Lipinski definition) is 1. The zero-order chi connectivity index (χ0) is 15.6. The van der Waals surface area contributed by atoms with E-state index in [1.54, 1.807) is 0 Å². The van der Waals surface area contributed by atoms with Gasteiger partial charge in [0.05, 0.1) is 12.1 Å². The number of carboxylic acids is 1. The van der Waals surface area contributed by atoms with Crippen molar-refractivity contribution in [1.29, 1.82) is 0 Å². The summed E-state index contributed by atoms with van der Waals surface area (Å²) in [4.78, 5) is 30.0. The largest absolute Gasteiger partial charge is 0.480 e. The van der Waals surface area contributed by atoms with Crippen LogP contribution in [0.15, 0.2) is 11.6 Å². The van der Waals surface area contributed by atoms with Gasteiger partial charge in [-0.1, -0.05) is 6.92 Å². The van der Waals surface area contributed by atoms with Crippen LogP contribution in [0.1, 0.15) is 31.7 Å². The standard InChI is InChI=1S/C14H19N3O3S/c1-4-10(3)16(7-13(19)20)12(18)5-11-8-21-14-15-9(2)6-17(11)14/h6,8,10H,4-5,7H2,1-3H3,(H,19,20). The number of carboxylic acid groups (broad SMARTS) is 1. The maximum absolute atomic E-state index is 12.4. The third kappa shape index (κ3) is 3.41. The van der Waals surface area contributed by atoms with Crippen LogP contribution in [0.5, 0.6) is 0 Å². The molecule has 0 bridgehead atoms. The molecular formula is C14H19N3O3S. The van der Waals surface area contributed by atoms with E-state index in [1.807, 2.05) is 36.7 Å². The van der Waals surface area contributed by atoms with E-state index in [0.29, 0.717) is 0 Å². The number of aryl methyl sites for hydroxylation is 1. The maximum Gasteiger partial charge on any atom is 0.323 e. The van der Waals surface area contributed by atoms with E-state index in [1.165, 1.54) is 16.2 Å². The molecule has 1 unspecified atom stereocenters. The van der Waals surface area contributed by atoms with E-state index >= 15 is 0 Å². The van der Waals surface area contributed by atoms with E-state index in [2.05, 4.69) is 4.98 Å². The third-order valence-corrected chi connectivity index (χ3v) is 4.37. The van der Waals surface area contributed by atoms with Gasteiger partial charge in [0.15, 0.2) is 4.96 Å². The zero-order valence-electron chi connectivity index (χ0n) is 12.4. The van der Waals surface area contributed by atoms with Gasteiger partial charge in [0.25, 0.3) is 0 Å². The van der Waals surface area contributed by atoms with E-state index in [9.17, 15) is 9.59 Å². The smallest absolute Gasteiger partial charge is 0.323 e. The molecule has 2 rings (SSSR count). The summed E-state index contributed by atoms with van der Waals surface area (Å²) in [7, 11) is 0. The Bertz CT molecular complexity index is 662. The molecule has 0 radical (unpaired) electrons. The van der Waals surface area contributed by atoms with Gasteiger partial charge in [-0.15, -0.1) is 11.3 Å². The predicted molar refractivity (Wildman–Crippen MR) is 80.6 cm³/mol. The number of imidazole rings is 1. The number of carbonyl (C=O) groups excluding carboxylic acids is 1. The van der Waals surface area contributed by atoms with Gasteiger partial charge in [-0.25, -0.2) is 4.98 Å². The minimum atomic E-state index is -0.988. The lowest BCUT2D eigenvalue weighted by molar-refractivity contribution is -0.145. The Morgan fingerprint density at radius 2 is 2.24 bits per heavy atom. The van der Waals surface area contributed by atoms with Crippen molar-refractivity contribution in [2.75, 3.05) is 6.54 Å². The first-order valence-corrected chi connectivity index (χ1v) is 7.73. The molecule has 0 fully saturated rings. The Morgan fingerprint density at radius 3 is 2.86 bits per heavy atom. The number of thiazole rings is 1. The summed E-state index contributed by atoms with van der Waals surface area (Å²) in [6.07, 6.45) is 2.80. The highest BCUT2D eigenvalue weighted by atomic mass is 32.1. The summed E-state index contributed by atoms with van der Waals surface area (Å²) < 4.78 is 1.90. The number of aliphatic carboxylic acids is 1. The van der Waals surface area contributed by atoms with Gasteiger partial charge < -0.3 is 10.0 Å². The molecule has 0 saturated heterocycles. The Kier molecular flexibility index (Phi) is 4.62. The van der Waals surface area contributed by atoms with Gasteiger partial charge in [0.1, 0.15) is 6.54 Å². The van der Waals surface area contributed by atoms with E-state index < -0.39 is 5.97 Å². The van der Waals surface area contributed by atoms with Crippen molar-refractivity contribution in [2.45, 2.75) is 39.7 Å². The van der Waals surface area contributed by atoms with E-state index in [-0.39, 0.29) is 24.9 Å². The molecule has 114 valence electrons. The van der Waals surface area contributed by atoms with E-state index in [4.69, 9.17) is 5.11 Å². The average Bonchev–Trinajstić information content (AvgIpc) is 2.95. The molecule has 1 N–H and O–H groups in total. The molecule has 21 heavy (non-hydrogen) atoms. The summed E-state index contributed by atoms with van der Waals surface area (Å²) in [5, 5.41) is 10.9. The maximum atomic E-state index is 12.4. The van der Waals surface area contributed by atoms with Gasteiger partial charge in [-0.3, -0.25) is 14.0 Å². The van der Waals surface area contributed by atoms with E-state index in [0.717, 1.165) is 22.8 Å². The number of aromatic nitrogens is 2. The van der Waals surface area contributed by atoms with Crippen LogP contribution in [0.4, 0.5) is 0 Å². The highest BCUT2D eigenvalue weighted by Crippen LogP contribution is 2.18. The molecule has 7 heteroatoms. The summed E-state index contributed by atoms with van der Waals surface area (Å²) in [6.45, 7) is 5.45. The van der Waals surface area contributed by atoms with Crippen LogP contribution in [0, 0.1) is 6.92 Å². The van der Waals surface area contributed by atoms with Crippen molar-refractivity contribution >= 4 is 28.2 Å². The lowest BCUT2D eigenvalue weighted by Crippen LogP contribution is -2.42. The number of amides is 1. The van der Waals surface area contributed by atoms with Crippen LogP contribution in [0.2, 0.25) is 0 Å². The van der Waals surface area contributed by atoms with Gasteiger partial charge >= 0.3 is 5.97 Å². The molecule has 6 nitrogen and oxygen atoms in total. The van der Waals surface area contributed by atoms with Crippen molar-refractivity contribution in [3.8, 4) is 0 Å². The summed E-state index contributed by atoms with van der Waals surface area (Å²) in [6, 6.07) is -0.0905. The van der Waals surface area contributed by atoms with Crippen LogP contribution >= 0.6 is 11.3 Å². The minimum absolute atomic E-state index is 0.0905. The summed E-state index contributed by atoms with van der Waals surface area (Å²) in [5.74, 6) is -1.16. The minimum Gasteiger partial charge on any atom is -0.480 e. The molecule has 0 aliphatic heterocycles. The van der Waals surface area contributed by atoms with Gasteiger partial charge in [0, 0.05) is 23.3 Å². The predicted octanol–water partition coefficient (Wildman–Crippen LogP) is 1.96. The molecule has 1 amide bonds. The Labute approximate surface area is 127 Å². The second kappa shape index (κ2) is 6.26. The molecule has 2 heterocycles. The molecule has 1 atom stereocenters. The Balaban J connectivity index is 2.19. The van der Waals surface area contributed by atoms with Crippen LogP contribution in [0.25, 0.3) is 4.96 Å². The van der Waals surface area contributed by atoms with Crippen molar-refractivity contribution < 1.29 is 14.7 Å². The highest BCUT2D eigenvalue weighted by Gasteiger charge is 2.22. The topological polar surface area (TPSA) is 74.9 Å². The number of nitrogens with zero attached hydrogens (tertiary/aromatic N) is 3. The molecule has 0 spiro atoms. The third-order valence-electron chi connectivity index (χ3n) is 3.48. The van der Waals surface area contributed by atoms with Crippen molar-refractivity contribution in [3.05, 3.63) is 23.0 Å². The average molecular weight is 309 g/mol. The fraction of sp³-hybridized carbons (Fsp3) is 0.500. The summed E-state index contributed by atoms with van der Waals surface area (Å²) >= 11 is 1.48. The van der Waals surface area contributed by atoms with Crippen molar-refractivity contribution in [1.82, 2.24) is 14.3 Å². The lowest BCUT2D eigenvalue weighted by Gasteiger charge is -2.26. The Hall–Kier alpha value is -1.89. The van der Waals surface area contributed by atoms with Crippen LogP contribution in [-0.2, 0) is 16.0 Å². The second-order valence-electron chi connectivity index (χ2n) is 5.11. The fourth-order valence-electron chi connectivity index (χ4n) is 2.18. The SMILES string of the molecule is CCC(C)N(CC(=O)O)C(=O)Cc1csc2nc(C)cn12. The number of fused-ring (bicyclic) bond motifs is 1. The summed E-state index contributed by atoms with van der Waals surface area (Å²) in [5.41, 5.74) is 1.75. The Morgan fingerprint density at radius 1 is 1.52 bits per heavy atom. The van der Waals surface area contributed by atoms with Crippen molar-refractivity contribution in [3.63, 3.8) is 0 Å². The fourth-order valence-corrected chi connectivity index (χ4v) is 3.10. The number of carbonyl (C=O) groups is 2. The molecule has 2 aromatic heterocycles. The highest BCUT2D eigenvalue weighted by molar-refractivity contribution is 7.15. The number of rotatable bonds is 6. The lowest BCUT2D eigenvalue weighted by atomic mass is 10.2. The first-order chi connectivity index (χ1) is 9.92. The molecule has 0 aliphatic rings. The monoisotopic (exact) mass is 309 g/mol. The first kappa shape index (κ1) is 15.5. The van der Waals surface area contributed by atoms with Crippen LogP contribution in [0.3, 0.4) is 0 Å². The second-order valence-corrected chi connectivity index (χ2v) is 5.95. The molecule has 2 aromatic rings. The molecule has 0 aliphatic carbocycles. The van der Waals surface area contributed by atoms with Crippen LogP contribution < -0.4 is 0 Å². The van der Waals surface area contributed by atoms with Gasteiger partial charge in [-0.2, -0.15) is 0 Å². The molecule has 0 saturated carbocycles.